The van der Waals surface area contributed by atoms with E-state index in [1.807, 2.05) is 6.92 Å². The highest BCUT2D eigenvalue weighted by Gasteiger charge is 2.27. The Morgan fingerprint density at radius 2 is 1.71 bits per heavy atom. The molecule has 0 saturated carbocycles. The minimum atomic E-state index is -3.08. The molecule has 0 spiro atoms. The van der Waals surface area contributed by atoms with Crippen molar-refractivity contribution in [1.29, 1.82) is 0 Å². The van der Waals surface area contributed by atoms with Crippen LogP contribution in [-0.2, 0) is 10.0 Å². The second kappa shape index (κ2) is 5.71. The van der Waals surface area contributed by atoms with Crippen molar-refractivity contribution in [3.05, 3.63) is 0 Å². The van der Waals surface area contributed by atoms with Gasteiger partial charge in [0.1, 0.15) is 0 Å². The van der Waals surface area contributed by atoms with Crippen LogP contribution in [0.4, 0.5) is 0 Å². The van der Waals surface area contributed by atoms with Crippen LogP contribution in [0.3, 0.4) is 0 Å². The van der Waals surface area contributed by atoms with Crippen LogP contribution in [-0.4, -0.2) is 31.1 Å². The molecule has 0 saturated heterocycles. The third-order valence-electron chi connectivity index (χ3n) is 2.60. The molecule has 0 aromatic carbocycles. The zero-order valence-corrected chi connectivity index (χ0v) is 10.8. The van der Waals surface area contributed by atoms with Gasteiger partial charge in [-0.1, -0.05) is 20.3 Å². The van der Waals surface area contributed by atoms with Crippen molar-refractivity contribution < 1.29 is 8.42 Å². The van der Waals surface area contributed by atoms with E-state index < -0.39 is 10.0 Å². The highest BCUT2D eigenvalue weighted by atomic mass is 32.2. The zero-order chi connectivity index (χ0) is 11.4. The Bertz CT molecular complexity index is 247. The second-order valence-electron chi connectivity index (χ2n) is 3.96. The van der Waals surface area contributed by atoms with Gasteiger partial charge in [0.2, 0.25) is 10.0 Å². The summed E-state index contributed by atoms with van der Waals surface area (Å²) in [6.07, 6.45) is 2.85. The lowest BCUT2D eigenvalue weighted by molar-refractivity contribution is 0.335. The van der Waals surface area contributed by atoms with E-state index in [9.17, 15) is 8.42 Å². The SMILES string of the molecule is CCCC(CC)N(C)S(=O)(=O)C(C)C. The lowest BCUT2D eigenvalue weighted by Crippen LogP contribution is -2.40. The predicted octanol–water partition coefficient (Wildman–Crippen LogP) is 2.24. The molecule has 0 fully saturated rings. The largest absolute Gasteiger partial charge is 0.216 e. The predicted molar refractivity (Wildman–Crippen MR) is 60.8 cm³/mol. The van der Waals surface area contributed by atoms with E-state index in [1.165, 1.54) is 0 Å². The van der Waals surface area contributed by atoms with Crippen molar-refractivity contribution in [1.82, 2.24) is 4.31 Å². The lowest BCUT2D eigenvalue weighted by Gasteiger charge is -2.27. The Balaban J connectivity index is 4.65. The van der Waals surface area contributed by atoms with Crippen LogP contribution in [0.25, 0.3) is 0 Å². The summed E-state index contributed by atoms with van der Waals surface area (Å²) < 4.78 is 25.2. The van der Waals surface area contributed by atoms with Gasteiger partial charge in [0.25, 0.3) is 0 Å². The Labute approximate surface area is 88.5 Å². The highest BCUT2D eigenvalue weighted by Crippen LogP contribution is 2.16. The molecule has 14 heavy (non-hydrogen) atoms. The molecule has 0 bridgehead atoms. The number of hydrogen-bond donors (Lipinski definition) is 0. The van der Waals surface area contributed by atoms with Crippen molar-refractivity contribution in [3.63, 3.8) is 0 Å². The minimum Gasteiger partial charge on any atom is -0.212 e. The quantitative estimate of drug-likeness (QED) is 0.690. The summed E-state index contributed by atoms with van der Waals surface area (Å²) in [7, 11) is -1.38. The average Bonchev–Trinajstić information content (AvgIpc) is 2.12. The molecule has 0 aromatic rings. The van der Waals surface area contributed by atoms with Crippen LogP contribution in [0.2, 0.25) is 0 Å². The van der Waals surface area contributed by atoms with E-state index in [4.69, 9.17) is 0 Å². The first-order valence-electron chi connectivity index (χ1n) is 5.34. The Morgan fingerprint density at radius 3 is 2.00 bits per heavy atom. The standard InChI is InChI=1S/C10H23NO2S/c1-6-8-10(7-2)11(5)14(12,13)9(3)4/h9-10H,6-8H2,1-5H3. The fourth-order valence-corrected chi connectivity index (χ4v) is 2.85. The molecule has 0 amide bonds. The van der Waals surface area contributed by atoms with Gasteiger partial charge in [-0.2, -0.15) is 0 Å². The highest BCUT2D eigenvalue weighted by molar-refractivity contribution is 7.89. The maximum atomic E-state index is 11.8. The van der Waals surface area contributed by atoms with Gasteiger partial charge < -0.3 is 0 Å². The normalized spacial score (nSPS) is 15.1. The Kier molecular flexibility index (Phi) is 5.67. The van der Waals surface area contributed by atoms with Crippen molar-refractivity contribution in [2.45, 2.75) is 58.2 Å². The number of hydrogen-bond acceptors (Lipinski definition) is 2. The summed E-state index contributed by atoms with van der Waals surface area (Å²) in [4.78, 5) is 0. The molecule has 0 heterocycles. The van der Waals surface area contributed by atoms with Crippen LogP contribution in [0, 0.1) is 0 Å². The van der Waals surface area contributed by atoms with E-state index in [0.29, 0.717) is 0 Å². The van der Waals surface area contributed by atoms with E-state index in [0.717, 1.165) is 19.3 Å². The monoisotopic (exact) mass is 221 g/mol. The molecule has 3 nitrogen and oxygen atoms in total. The summed E-state index contributed by atoms with van der Waals surface area (Å²) in [5.74, 6) is 0. The molecule has 4 heteroatoms. The average molecular weight is 221 g/mol. The van der Waals surface area contributed by atoms with Crippen molar-refractivity contribution in [3.8, 4) is 0 Å². The van der Waals surface area contributed by atoms with Gasteiger partial charge in [0.05, 0.1) is 5.25 Å². The van der Waals surface area contributed by atoms with Crippen molar-refractivity contribution in [2.75, 3.05) is 7.05 Å². The zero-order valence-electron chi connectivity index (χ0n) is 9.95. The van der Waals surface area contributed by atoms with Crippen LogP contribution in [0.1, 0.15) is 47.0 Å². The van der Waals surface area contributed by atoms with Gasteiger partial charge in [-0.15, -0.1) is 0 Å². The third kappa shape index (κ3) is 3.24. The van der Waals surface area contributed by atoms with Gasteiger partial charge in [0.15, 0.2) is 0 Å². The molecular formula is C10H23NO2S. The fourth-order valence-electron chi connectivity index (χ4n) is 1.52. The number of rotatable bonds is 6. The molecule has 0 aliphatic rings. The van der Waals surface area contributed by atoms with Crippen LogP contribution >= 0.6 is 0 Å². The summed E-state index contributed by atoms with van der Waals surface area (Å²) in [5.41, 5.74) is 0. The summed E-state index contributed by atoms with van der Waals surface area (Å²) in [6, 6.07) is 0.160. The molecule has 1 unspecified atom stereocenters. The molecule has 0 rings (SSSR count). The summed E-state index contributed by atoms with van der Waals surface area (Å²) >= 11 is 0. The molecule has 0 aliphatic carbocycles. The van der Waals surface area contributed by atoms with E-state index in [2.05, 4.69) is 6.92 Å². The molecule has 0 radical (unpaired) electrons. The van der Waals surface area contributed by atoms with Crippen LogP contribution in [0.15, 0.2) is 0 Å². The van der Waals surface area contributed by atoms with Gasteiger partial charge in [-0.3, -0.25) is 0 Å². The molecule has 86 valence electrons. The Hall–Kier alpha value is -0.0900. The topological polar surface area (TPSA) is 37.4 Å². The molecule has 0 N–H and O–H groups in total. The summed E-state index contributed by atoms with van der Waals surface area (Å²) in [6.45, 7) is 7.57. The van der Waals surface area contributed by atoms with Gasteiger partial charge in [-0.25, -0.2) is 12.7 Å². The Morgan fingerprint density at radius 1 is 1.21 bits per heavy atom. The van der Waals surface area contributed by atoms with Gasteiger partial charge in [0, 0.05) is 13.1 Å². The lowest BCUT2D eigenvalue weighted by atomic mass is 10.1. The van der Waals surface area contributed by atoms with Gasteiger partial charge >= 0.3 is 0 Å². The molecule has 1 atom stereocenters. The first-order valence-corrected chi connectivity index (χ1v) is 6.85. The second-order valence-corrected chi connectivity index (χ2v) is 6.51. The van der Waals surface area contributed by atoms with Crippen LogP contribution in [0.5, 0.6) is 0 Å². The maximum Gasteiger partial charge on any atom is 0.216 e. The molecular weight excluding hydrogens is 198 g/mol. The molecule has 0 aliphatic heterocycles. The van der Waals surface area contributed by atoms with Crippen molar-refractivity contribution >= 4 is 10.0 Å². The first-order chi connectivity index (χ1) is 6.37. The first kappa shape index (κ1) is 13.9. The van der Waals surface area contributed by atoms with Gasteiger partial charge in [-0.05, 0) is 26.7 Å². The third-order valence-corrected chi connectivity index (χ3v) is 4.90. The van der Waals surface area contributed by atoms with Crippen molar-refractivity contribution in [2.24, 2.45) is 0 Å². The smallest absolute Gasteiger partial charge is 0.212 e. The number of sulfonamides is 1. The number of nitrogens with zero attached hydrogens (tertiary/aromatic N) is 1. The summed E-state index contributed by atoms with van der Waals surface area (Å²) in [5, 5.41) is -0.321. The molecule has 0 aromatic heterocycles. The maximum absolute atomic E-state index is 11.8. The van der Waals surface area contributed by atoms with E-state index >= 15 is 0 Å². The minimum absolute atomic E-state index is 0.160. The van der Waals surface area contributed by atoms with E-state index in [-0.39, 0.29) is 11.3 Å². The fraction of sp³-hybridized carbons (Fsp3) is 1.00. The van der Waals surface area contributed by atoms with Crippen LogP contribution < -0.4 is 0 Å². The van der Waals surface area contributed by atoms with E-state index in [1.54, 1.807) is 25.2 Å².